The molecule has 24 heavy (non-hydrogen) atoms. The Kier molecular flexibility index (Phi) is 6.17. The molecule has 0 aliphatic carbocycles. The highest BCUT2D eigenvalue weighted by Crippen LogP contribution is 2.28. The van der Waals surface area contributed by atoms with Gasteiger partial charge >= 0.3 is 0 Å². The van der Waals surface area contributed by atoms with Crippen LogP contribution in [-0.4, -0.2) is 52.2 Å². The number of aliphatic imine (C=N–C) groups is 1. The Balaban J connectivity index is 1.98. The highest BCUT2D eigenvalue weighted by atomic mass is 32.2. The van der Waals surface area contributed by atoms with Crippen molar-refractivity contribution in [3.05, 3.63) is 35.6 Å². The summed E-state index contributed by atoms with van der Waals surface area (Å²) < 4.78 is 42.5. The fourth-order valence-corrected chi connectivity index (χ4v) is 3.95. The van der Waals surface area contributed by atoms with Crippen LogP contribution in [-0.2, 0) is 21.1 Å². The first-order valence-electron chi connectivity index (χ1n) is 7.83. The number of halogens is 1. The number of nitrogens with zero attached hydrogens (tertiary/aromatic N) is 1. The molecule has 1 saturated heterocycles. The van der Waals surface area contributed by atoms with Gasteiger partial charge in [0.2, 0.25) is 0 Å². The van der Waals surface area contributed by atoms with Crippen molar-refractivity contribution in [3.8, 4) is 0 Å². The molecule has 2 N–H and O–H groups in total. The summed E-state index contributed by atoms with van der Waals surface area (Å²) in [6, 6.07) is 6.48. The van der Waals surface area contributed by atoms with Gasteiger partial charge in [-0.1, -0.05) is 18.2 Å². The molecule has 6 nitrogen and oxygen atoms in total. The molecule has 0 spiro atoms. The normalized spacial score (nSPS) is 18.2. The van der Waals surface area contributed by atoms with Gasteiger partial charge in [0.05, 0.1) is 4.75 Å². The van der Waals surface area contributed by atoms with Crippen molar-refractivity contribution in [1.29, 1.82) is 0 Å². The van der Waals surface area contributed by atoms with Gasteiger partial charge in [0.15, 0.2) is 15.8 Å². The molecule has 1 aliphatic heterocycles. The maximum atomic E-state index is 13.6. The molecule has 134 valence electrons. The number of hydrogen-bond donors (Lipinski definition) is 2. The second kappa shape index (κ2) is 7.94. The molecule has 0 saturated carbocycles. The average Bonchev–Trinajstić information content (AvgIpc) is 2.56. The zero-order chi connectivity index (χ0) is 17.6. The molecule has 0 radical (unpaired) electrons. The third-order valence-electron chi connectivity index (χ3n) is 4.40. The molecule has 0 unspecified atom stereocenters. The molecule has 1 aliphatic rings. The van der Waals surface area contributed by atoms with Crippen LogP contribution in [0.5, 0.6) is 0 Å². The van der Waals surface area contributed by atoms with E-state index in [9.17, 15) is 12.8 Å². The first-order valence-corrected chi connectivity index (χ1v) is 9.72. The van der Waals surface area contributed by atoms with E-state index in [0.29, 0.717) is 37.6 Å². The molecule has 1 aromatic carbocycles. The van der Waals surface area contributed by atoms with E-state index in [1.807, 2.05) is 0 Å². The first kappa shape index (κ1) is 18.7. The third kappa shape index (κ3) is 4.45. The Morgan fingerprint density at radius 1 is 1.29 bits per heavy atom. The molecule has 0 bridgehead atoms. The fraction of sp³-hybridized carbons (Fsp3) is 0.562. The monoisotopic (exact) mass is 357 g/mol. The summed E-state index contributed by atoms with van der Waals surface area (Å²) in [6.07, 6.45) is 2.15. The molecule has 2 rings (SSSR count). The quantitative estimate of drug-likeness (QED) is 0.609. The van der Waals surface area contributed by atoms with Gasteiger partial charge in [-0.3, -0.25) is 4.99 Å². The summed E-state index contributed by atoms with van der Waals surface area (Å²) in [5, 5.41) is 6.07. The van der Waals surface area contributed by atoms with E-state index in [2.05, 4.69) is 15.6 Å². The molecular formula is C16H24FN3O3S. The van der Waals surface area contributed by atoms with Gasteiger partial charge in [-0.2, -0.15) is 0 Å². The number of benzene rings is 1. The second-order valence-electron chi connectivity index (χ2n) is 5.94. The maximum absolute atomic E-state index is 13.6. The van der Waals surface area contributed by atoms with E-state index < -0.39 is 14.6 Å². The van der Waals surface area contributed by atoms with Gasteiger partial charge < -0.3 is 15.4 Å². The van der Waals surface area contributed by atoms with Gasteiger partial charge in [-0.15, -0.1) is 0 Å². The minimum absolute atomic E-state index is 0.242. The SMILES string of the molecule is CN=C(NCc1ccccc1F)NCC1(S(C)(=O)=O)CCOCC1. The lowest BCUT2D eigenvalue weighted by Crippen LogP contribution is -2.53. The molecule has 0 amide bonds. The van der Waals surface area contributed by atoms with Crippen molar-refractivity contribution in [3.63, 3.8) is 0 Å². The predicted octanol–water partition coefficient (Wildman–Crippen LogP) is 1.08. The highest BCUT2D eigenvalue weighted by molar-refractivity contribution is 7.92. The number of hydrogen-bond acceptors (Lipinski definition) is 4. The Hall–Kier alpha value is -1.67. The van der Waals surface area contributed by atoms with Crippen LogP contribution in [0.25, 0.3) is 0 Å². The lowest BCUT2D eigenvalue weighted by atomic mass is 9.99. The largest absolute Gasteiger partial charge is 0.381 e. The maximum Gasteiger partial charge on any atom is 0.191 e. The second-order valence-corrected chi connectivity index (χ2v) is 8.35. The van der Waals surface area contributed by atoms with Crippen LogP contribution in [0, 0.1) is 5.82 Å². The lowest BCUT2D eigenvalue weighted by Gasteiger charge is -2.35. The van der Waals surface area contributed by atoms with E-state index in [0.717, 1.165) is 0 Å². The lowest BCUT2D eigenvalue weighted by molar-refractivity contribution is 0.0756. The number of rotatable bonds is 5. The van der Waals surface area contributed by atoms with Crippen LogP contribution in [0.3, 0.4) is 0 Å². The topological polar surface area (TPSA) is 79.8 Å². The number of sulfone groups is 1. The zero-order valence-corrected chi connectivity index (χ0v) is 14.8. The fourth-order valence-electron chi connectivity index (χ4n) is 2.71. The van der Waals surface area contributed by atoms with Crippen molar-refractivity contribution < 1.29 is 17.5 Å². The van der Waals surface area contributed by atoms with Crippen molar-refractivity contribution in [2.75, 3.05) is 33.1 Å². The Bertz CT molecular complexity index is 686. The molecule has 8 heteroatoms. The van der Waals surface area contributed by atoms with Crippen LogP contribution in [0.15, 0.2) is 29.3 Å². The average molecular weight is 357 g/mol. The van der Waals surface area contributed by atoms with E-state index in [1.165, 1.54) is 12.3 Å². The van der Waals surface area contributed by atoms with Crippen molar-refractivity contribution >= 4 is 15.8 Å². The van der Waals surface area contributed by atoms with E-state index in [4.69, 9.17) is 4.74 Å². The molecule has 1 heterocycles. The van der Waals surface area contributed by atoms with Gasteiger partial charge in [0, 0.05) is 45.2 Å². The van der Waals surface area contributed by atoms with Gasteiger partial charge in [0.25, 0.3) is 0 Å². The van der Waals surface area contributed by atoms with Gasteiger partial charge in [0.1, 0.15) is 5.82 Å². The minimum Gasteiger partial charge on any atom is -0.381 e. The summed E-state index contributed by atoms with van der Waals surface area (Å²) in [5.74, 6) is 0.144. The van der Waals surface area contributed by atoms with Gasteiger partial charge in [-0.25, -0.2) is 12.8 Å². The third-order valence-corrected chi connectivity index (χ3v) is 6.52. The van der Waals surface area contributed by atoms with Crippen LogP contribution < -0.4 is 10.6 Å². The summed E-state index contributed by atoms with van der Waals surface area (Å²) in [5.41, 5.74) is 0.518. The summed E-state index contributed by atoms with van der Waals surface area (Å²) in [4.78, 5) is 4.08. The molecule has 0 atom stereocenters. The van der Waals surface area contributed by atoms with E-state index >= 15 is 0 Å². The Labute approximate surface area is 142 Å². The molecular weight excluding hydrogens is 333 g/mol. The molecule has 0 aromatic heterocycles. The predicted molar refractivity (Wildman–Crippen MR) is 92.2 cm³/mol. The van der Waals surface area contributed by atoms with E-state index in [-0.39, 0.29) is 18.9 Å². The van der Waals surface area contributed by atoms with E-state index in [1.54, 1.807) is 25.2 Å². The summed E-state index contributed by atoms with van der Waals surface area (Å²) in [6.45, 7) is 1.36. The summed E-state index contributed by atoms with van der Waals surface area (Å²) >= 11 is 0. The van der Waals surface area contributed by atoms with Crippen LogP contribution in [0.1, 0.15) is 18.4 Å². The van der Waals surface area contributed by atoms with Crippen molar-refractivity contribution in [1.82, 2.24) is 10.6 Å². The van der Waals surface area contributed by atoms with Crippen molar-refractivity contribution in [2.24, 2.45) is 4.99 Å². The smallest absolute Gasteiger partial charge is 0.191 e. The Morgan fingerprint density at radius 2 is 1.96 bits per heavy atom. The number of ether oxygens (including phenoxy) is 1. The zero-order valence-electron chi connectivity index (χ0n) is 14.0. The number of nitrogens with one attached hydrogen (secondary N) is 2. The van der Waals surface area contributed by atoms with Crippen LogP contribution in [0.4, 0.5) is 4.39 Å². The van der Waals surface area contributed by atoms with Crippen molar-refractivity contribution in [2.45, 2.75) is 24.1 Å². The molecule has 1 fully saturated rings. The van der Waals surface area contributed by atoms with Crippen LogP contribution in [0.2, 0.25) is 0 Å². The Morgan fingerprint density at radius 3 is 2.54 bits per heavy atom. The highest BCUT2D eigenvalue weighted by Gasteiger charge is 2.42. The summed E-state index contributed by atoms with van der Waals surface area (Å²) in [7, 11) is -1.66. The molecule has 1 aromatic rings. The van der Waals surface area contributed by atoms with Gasteiger partial charge in [-0.05, 0) is 18.9 Å². The number of guanidine groups is 1. The van der Waals surface area contributed by atoms with Crippen LogP contribution >= 0.6 is 0 Å². The standard InChI is InChI=1S/C16H24FN3O3S/c1-18-15(19-11-13-5-3-4-6-14(13)17)20-12-16(24(2,21)22)7-9-23-10-8-16/h3-6H,7-12H2,1-2H3,(H2,18,19,20). The minimum atomic E-state index is -3.25. The first-order chi connectivity index (χ1) is 11.4.